The number of aromatic nitrogens is 3. The highest BCUT2D eigenvalue weighted by atomic mass is 32.1. The van der Waals surface area contributed by atoms with E-state index in [1.165, 1.54) is 11.3 Å². The number of anilines is 1. The fourth-order valence-electron chi connectivity index (χ4n) is 3.99. The number of carbonyl (C=O) groups is 1. The first-order valence-electron chi connectivity index (χ1n) is 12.6. The first-order valence-corrected chi connectivity index (χ1v) is 13.4. The third kappa shape index (κ3) is 6.64. The Hall–Kier alpha value is -4.18. The van der Waals surface area contributed by atoms with Gasteiger partial charge in [0.2, 0.25) is 0 Å². The summed E-state index contributed by atoms with van der Waals surface area (Å²) in [6, 6.07) is 24.7. The van der Waals surface area contributed by atoms with E-state index in [1.807, 2.05) is 79.8 Å². The van der Waals surface area contributed by atoms with E-state index in [-0.39, 0.29) is 11.6 Å². The number of fused-ring (bicyclic) bond motifs is 1. The highest BCUT2D eigenvalue weighted by molar-refractivity contribution is 7.21. The summed E-state index contributed by atoms with van der Waals surface area (Å²) in [7, 11) is 3.70. The molecule has 0 spiro atoms. The molecule has 39 heavy (non-hydrogen) atoms. The number of methoxy groups -OCH3 is 1. The molecule has 0 saturated carbocycles. The van der Waals surface area contributed by atoms with Crippen LogP contribution >= 0.6 is 11.3 Å². The number of hydrogen-bond acceptors (Lipinski definition) is 8. The lowest BCUT2D eigenvalue weighted by Gasteiger charge is -2.17. The number of hydrogen-bond donors (Lipinski definition) is 1. The molecule has 5 rings (SSSR count). The minimum Gasteiger partial charge on any atom is -0.492 e. The molecule has 0 aliphatic rings. The van der Waals surface area contributed by atoms with E-state index in [1.54, 1.807) is 19.4 Å². The maximum absolute atomic E-state index is 13.5. The number of pyridine rings is 2. The summed E-state index contributed by atoms with van der Waals surface area (Å²) in [4.78, 5) is 30.3. The average Bonchev–Trinajstić information content (AvgIpc) is 3.41. The van der Waals surface area contributed by atoms with Crippen LogP contribution in [0.5, 0.6) is 5.75 Å². The highest BCUT2D eigenvalue weighted by Gasteiger charge is 2.17. The number of amides is 1. The first-order chi connectivity index (χ1) is 19.1. The number of ether oxygens (including phenoxy) is 2. The molecular weight excluding hydrogens is 510 g/mol. The van der Waals surface area contributed by atoms with Gasteiger partial charge in [-0.15, -0.1) is 0 Å². The lowest BCUT2D eigenvalue weighted by atomic mass is 10.1. The van der Waals surface area contributed by atoms with Crippen molar-refractivity contribution in [1.29, 1.82) is 0 Å². The number of thiazole rings is 1. The maximum atomic E-state index is 13.5. The van der Waals surface area contributed by atoms with Crippen LogP contribution in [0.2, 0.25) is 0 Å². The molecule has 198 valence electrons. The van der Waals surface area contributed by atoms with Crippen molar-refractivity contribution in [1.82, 2.24) is 19.9 Å². The standard InChI is InChI=1S/C30H29N5O3S/c1-35(15-17-37-2)16-18-38-22-19-26(21-9-4-3-5-10-21)32-27(20-22)28(36)33-24-12-7-6-11-23(24)29-34-25-13-8-14-31-30(25)39-29/h3-14,19-20H,15-18H2,1-2H3,(H,33,36). The van der Waals surface area contributed by atoms with Crippen LogP contribution in [0.15, 0.2) is 85.1 Å². The lowest BCUT2D eigenvalue weighted by molar-refractivity contribution is 0.102. The van der Waals surface area contributed by atoms with Gasteiger partial charge >= 0.3 is 0 Å². The topological polar surface area (TPSA) is 89.5 Å². The van der Waals surface area contributed by atoms with Gasteiger partial charge in [-0.3, -0.25) is 4.79 Å². The minimum atomic E-state index is -0.332. The third-order valence-corrected chi connectivity index (χ3v) is 7.10. The number of rotatable bonds is 11. The van der Waals surface area contributed by atoms with Gasteiger partial charge in [-0.2, -0.15) is 0 Å². The van der Waals surface area contributed by atoms with E-state index in [2.05, 4.69) is 20.2 Å². The second kappa shape index (κ2) is 12.6. The molecule has 1 N–H and O–H groups in total. The fraction of sp³-hybridized carbons (Fsp3) is 0.200. The second-order valence-corrected chi connectivity index (χ2v) is 9.91. The molecule has 8 nitrogen and oxygen atoms in total. The van der Waals surface area contributed by atoms with Crippen molar-refractivity contribution in [2.24, 2.45) is 0 Å². The van der Waals surface area contributed by atoms with E-state index >= 15 is 0 Å². The van der Waals surface area contributed by atoms with Crippen molar-refractivity contribution in [3.05, 3.63) is 90.8 Å². The van der Waals surface area contributed by atoms with Crippen molar-refractivity contribution in [2.45, 2.75) is 0 Å². The average molecular weight is 540 g/mol. The summed E-state index contributed by atoms with van der Waals surface area (Å²) in [5, 5.41) is 3.82. The van der Waals surface area contributed by atoms with Crippen LogP contribution in [-0.4, -0.2) is 66.2 Å². The Morgan fingerprint density at radius 3 is 2.56 bits per heavy atom. The Balaban J connectivity index is 1.40. The van der Waals surface area contributed by atoms with E-state index in [0.717, 1.165) is 39.6 Å². The molecule has 0 radical (unpaired) electrons. The molecule has 0 aliphatic heterocycles. The second-order valence-electron chi connectivity index (χ2n) is 8.93. The molecule has 0 bridgehead atoms. The van der Waals surface area contributed by atoms with Gasteiger partial charge in [0.05, 0.1) is 18.0 Å². The summed E-state index contributed by atoms with van der Waals surface area (Å²) < 4.78 is 11.2. The van der Waals surface area contributed by atoms with Crippen LogP contribution in [0, 0.1) is 0 Å². The monoisotopic (exact) mass is 539 g/mol. The summed E-state index contributed by atoms with van der Waals surface area (Å²) in [6.07, 6.45) is 1.75. The van der Waals surface area contributed by atoms with Crippen LogP contribution < -0.4 is 10.1 Å². The molecule has 2 aromatic carbocycles. The predicted molar refractivity (Wildman–Crippen MR) is 155 cm³/mol. The summed E-state index contributed by atoms with van der Waals surface area (Å²) in [6.45, 7) is 2.65. The van der Waals surface area contributed by atoms with Gasteiger partial charge in [-0.1, -0.05) is 53.8 Å². The van der Waals surface area contributed by atoms with Gasteiger partial charge in [-0.05, 0) is 31.3 Å². The zero-order valence-corrected chi connectivity index (χ0v) is 22.6. The molecule has 1 amide bonds. The van der Waals surface area contributed by atoms with Crippen LogP contribution in [0.3, 0.4) is 0 Å². The molecule has 0 unspecified atom stereocenters. The maximum Gasteiger partial charge on any atom is 0.274 e. The van der Waals surface area contributed by atoms with Gasteiger partial charge in [0.15, 0.2) is 0 Å². The summed E-state index contributed by atoms with van der Waals surface area (Å²) in [5.74, 6) is 0.251. The van der Waals surface area contributed by atoms with Crippen molar-refractivity contribution in [3.63, 3.8) is 0 Å². The van der Waals surface area contributed by atoms with Crippen molar-refractivity contribution in [3.8, 4) is 27.6 Å². The number of nitrogens with one attached hydrogen (secondary N) is 1. The van der Waals surface area contributed by atoms with Crippen molar-refractivity contribution >= 4 is 33.3 Å². The molecule has 3 aromatic heterocycles. The molecule has 0 saturated heterocycles. The Labute approximate surface area is 231 Å². The molecule has 9 heteroatoms. The zero-order chi connectivity index (χ0) is 27.0. The molecule has 0 fully saturated rings. The zero-order valence-electron chi connectivity index (χ0n) is 21.8. The van der Waals surface area contributed by atoms with Gasteiger partial charge < -0.3 is 19.7 Å². The van der Waals surface area contributed by atoms with E-state index in [4.69, 9.17) is 14.5 Å². The molecular formula is C30H29N5O3S. The highest BCUT2D eigenvalue weighted by Crippen LogP contribution is 2.34. The van der Waals surface area contributed by atoms with Gasteiger partial charge in [-0.25, -0.2) is 15.0 Å². The molecule has 0 aliphatic carbocycles. The Bertz CT molecular complexity index is 1520. The van der Waals surface area contributed by atoms with Crippen LogP contribution in [0.4, 0.5) is 5.69 Å². The molecule has 3 heterocycles. The number of likely N-dealkylation sites (N-methyl/N-ethyl adjacent to an activating group) is 1. The Morgan fingerprint density at radius 1 is 0.949 bits per heavy atom. The van der Waals surface area contributed by atoms with Gasteiger partial charge in [0.25, 0.3) is 5.91 Å². The SMILES string of the molecule is COCCN(C)CCOc1cc(C(=O)Nc2ccccc2-c2nc3cccnc3s2)nc(-c2ccccc2)c1. The number of nitrogens with zero attached hydrogens (tertiary/aromatic N) is 4. The predicted octanol–water partition coefficient (Wildman–Crippen LogP) is 5.63. The normalized spacial score (nSPS) is 11.2. The smallest absolute Gasteiger partial charge is 0.274 e. The quantitative estimate of drug-likeness (QED) is 0.233. The third-order valence-electron chi connectivity index (χ3n) is 6.09. The van der Waals surface area contributed by atoms with E-state index < -0.39 is 0 Å². The minimum absolute atomic E-state index is 0.264. The summed E-state index contributed by atoms with van der Waals surface area (Å²) in [5.41, 5.74) is 4.12. The number of para-hydroxylation sites is 1. The lowest BCUT2D eigenvalue weighted by Crippen LogP contribution is -2.27. The fourth-order valence-corrected chi connectivity index (χ4v) is 4.94. The van der Waals surface area contributed by atoms with E-state index in [0.29, 0.717) is 30.3 Å². The number of carbonyl (C=O) groups excluding carboxylic acids is 1. The van der Waals surface area contributed by atoms with Crippen molar-refractivity contribution < 1.29 is 14.3 Å². The summed E-state index contributed by atoms with van der Waals surface area (Å²) >= 11 is 1.48. The first kappa shape index (κ1) is 26.4. The Morgan fingerprint density at radius 2 is 1.74 bits per heavy atom. The largest absolute Gasteiger partial charge is 0.492 e. The van der Waals surface area contributed by atoms with Crippen LogP contribution in [-0.2, 0) is 4.74 Å². The van der Waals surface area contributed by atoms with Crippen LogP contribution in [0.25, 0.3) is 32.2 Å². The van der Waals surface area contributed by atoms with Crippen LogP contribution in [0.1, 0.15) is 10.5 Å². The van der Waals surface area contributed by atoms with Gasteiger partial charge in [0, 0.05) is 49.7 Å². The Kier molecular flexibility index (Phi) is 8.52. The number of benzene rings is 2. The van der Waals surface area contributed by atoms with Gasteiger partial charge in [0.1, 0.15) is 33.4 Å². The molecule has 0 atom stereocenters. The molecule has 5 aromatic rings. The van der Waals surface area contributed by atoms with Crippen molar-refractivity contribution in [2.75, 3.05) is 45.8 Å². The van der Waals surface area contributed by atoms with E-state index in [9.17, 15) is 4.79 Å².